The fraction of sp³-hybridized carbons (Fsp3) is 1.00. The average molecular weight is 217 g/mol. The zero-order chi connectivity index (χ0) is 10.2. The molecule has 0 aromatic carbocycles. The summed E-state index contributed by atoms with van der Waals surface area (Å²) < 4.78 is 22.6. The maximum atomic E-state index is 11.3. The van der Waals surface area contributed by atoms with Gasteiger partial charge in [0.1, 0.15) is 0 Å². The van der Waals surface area contributed by atoms with Crippen molar-refractivity contribution in [3.05, 3.63) is 0 Å². The van der Waals surface area contributed by atoms with Gasteiger partial charge in [-0.15, -0.1) is 0 Å². The van der Waals surface area contributed by atoms with Crippen LogP contribution in [0.3, 0.4) is 0 Å². The monoisotopic (exact) mass is 217 g/mol. The van der Waals surface area contributed by atoms with E-state index in [1.165, 1.54) is 12.8 Å². The summed E-state index contributed by atoms with van der Waals surface area (Å²) in [5, 5.41) is 0. The molecule has 2 fully saturated rings. The second kappa shape index (κ2) is 3.49. The van der Waals surface area contributed by atoms with Crippen LogP contribution in [0.1, 0.15) is 38.5 Å². The van der Waals surface area contributed by atoms with Crippen LogP contribution >= 0.6 is 0 Å². The van der Waals surface area contributed by atoms with Gasteiger partial charge in [-0.3, -0.25) is 0 Å². The molecule has 2 rings (SSSR count). The zero-order valence-corrected chi connectivity index (χ0v) is 9.35. The van der Waals surface area contributed by atoms with E-state index in [0.29, 0.717) is 17.4 Å². The topological polar surface area (TPSA) is 60.2 Å². The van der Waals surface area contributed by atoms with Crippen molar-refractivity contribution < 1.29 is 8.42 Å². The van der Waals surface area contributed by atoms with E-state index in [2.05, 4.69) is 0 Å². The van der Waals surface area contributed by atoms with Crippen LogP contribution in [-0.4, -0.2) is 25.5 Å². The van der Waals surface area contributed by atoms with Crippen LogP contribution in [0.15, 0.2) is 0 Å². The molecule has 0 amide bonds. The highest BCUT2D eigenvalue weighted by molar-refractivity contribution is 7.91. The highest BCUT2D eigenvalue weighted by atomic mass is 32.2. The first-order valence-corrected chi connectivity index (χ1v) is 7.31. The number of sulfone groups is 1. The lowest BCUT2D eigenvalue weighted by molar-refractivity contribution is 0.338. The zero-order valence-electron chi connectivity index (χ0n) is 8.54. The number of rotatable bonds is 2. The Morgan fingerprint density at radius 1 is 1.29 bits per heavy atom. The average Bonchev–Trinajstić information content (AvgIpc) is 2.59. The van der Waals surface area contributed by atoms with Gasteiger partial charge in [-0.05, 0) is 31.6 Å². The van der Waals surface area contributed by atoms with Crippen molar-refractivity contribution in [3.63, 3.8) is 0 Å². The maximum Gasteiger partial charge on any atom is 0.150 e. The lowest BCUT2D eigenvalue weighted by atomic mass is 9.86. The van der Waals surface area contributed by atoms with E-state index in [9.17, 15) is 8.42 Å². The molecule has 0 aromatic rings. The molecule has 1 aliphatic heterocycles. The summed E-state index contributed by atoms with van der Waals surface area (Å²) in [6, 6.07) is 0. The molecule has 0 aromatic heterocycles. The van der Waals surface area contributed by atoms with Crippen LogP contribution in [0.2, 0.25) is 0 Å². The Kier molecular flexibility index (Phi) is 2.60. The van der Waals surface area contributed by atoms with Crippen LogP contribution in [0.4, 0.5) is 0 Å². The fourth-order valence-corrected chi connectivity index (χ4v) is 4.75. The molecular weight excluding hydrogens is 198 g/mol. The van der Waals surface area contributed by atoms with Crippen molar-refractivity contribution in [3.8, 4) is 0 Å². The molecular formula is C10H19NO2S. The minimum absolute atomic E-state index is 0.0372. The van der Waals surface area contributed by atoms with Gasteiger partial charge in [0.25, 0.3) is 0 Å². The van der Waals surface area contributed by atoms with Crippen molar-refractivity contribution in [2.24, 2.45) is 11.7 Å². The quantitative estimate of drug-likeness (QED) is 0.753. The van der Waals surface area contributed by atoms with Crippen LogP contribution < -0.4 is 5.73 Å². The molecule has 4 heteroatoms. The van der Waals surface area contributed by atoms with E-state index in [0.717, 1.165) is 25.7 Å². The first-order valence-electron chi connectivity index (χ1n) is 5.48. The Morgan fingerprint density at radius 2 is 1.93 bits per heavy atom. The Bertz CT molecular complexity index is 304. The van der Waals surface area contributed by atoms with E-state index in [1.807, 2.05) is 0 Å². The van der Waals surface area contributed by atoms with Gasteiger partial charge in [0, 0.05) is 5.54 Å². The number of hydrogen-bond acceptors (Lipinski definition) is 3. The van der Waals surface area contributed by atoms with Crippen molar-refractivity contribution in [1.82, 2.24) is 0 Å². The summed E-state index contributed by atoms with van der Waals surface area (Å²) >= 11 is 0. The maximum absolute atomic E-state index is 11.3. The Morgan fingerprint density at radius 3 is 2.43 bits per heavy atom. The molecule has 1 unspecified atom stereocenters. The van der Waals surface area contributed by atoms with Gasteiger partial charge < -0.3 is 5.73 Å². The van der Waals surface area contributed by atoms with Gasteiger partial charge in [0.2, 0.25) is 0 Å². The molecule has 14 heavy (non-hydrogen) atoms. The summed E-state index contributed by atoms with van der Waals surface area (Å²) in [7, 11) is -2.72. The normalized spacial score (nSPS) is 34.8. The van der Waals surface area contributed by atoms with Crippen LogP contribution in [0, 0.1) is 5.92 Å². The SMILES string of the molecule is NC1(CC2CCS(=O)(=O)C2)CCCC1. The third kappa shape index (κ3) is 2.28. The van der Waals surface area contributed by atoms with E-state index < -0.39 is 9.84 Å². The van der Waals surface area contributed by atoms with Crippen LogP contribution in [0.25, 0.3) is 0 Å². The van der Waals surface area contributed by atoms with E-state index in [-0.39, 0.29) is 5.54 Å². The van der Waals surface area contributed by atoms with Gasteiger partial charge >= 0.3 is 0 Å². The van der Waals surface area contributed by atoms with Crippen LogP contribution in [-0.2, 0) is 9.84 Å². The molecule has 0 spiro atoms. The number of hydrogen-bond donors (Lipinski definition) is 1. The summed E-state index contributed by atoms with van der Waals surface area (Å²) in [5.74, 6) is 1.10. The minimum atomic E-state index is -2.72. The van der Waals surface area contributed by atoms with Gasteiger partial charge in [-0.25, -0.2) is 8.42 Å². The lowest BCUT2D eigenvalue weighted by Gasteiger charge is -2.26. The smallest absolute Gasteiger partial charge is 0.150 e. The fourth-order valence-electron chi connectivity index (χ4n) is 2.89. The third-order valence-electron chi connectivity index (χ3n) is 3.62. The van der Waals surface area contributed by atoms with Crippen LogP contribution in [0.5, 0.6) is 0 Å². The van der Waals surface area contributed by atoms with Gasteiger partial charge in [0.15, 0.2) is 9.84 Å². The Balaban J connectivity index is 1.93. The number of nitrogens with two attached hydrogens (primary N) is 1. The molecule has 1 aliphatic carbocycles. The minimum Gasteiger partial charge on any atom is -0.325 e. The first-order chi connectivity index (χ1) is 6.49. The van der Waals surface area contributed by atoms with Gasteiger partial charge in [-0.1, -0.05) is 12.8 Å². The predicted octanol–water partition coefficient (Wildman–Crippen LogP) is 1.08. The van der Waals surface area contributed by atoms with E-state index >= 15 is 0 Å². The molecule has 1 atom stereocenters. The summed E-state index contributed by atoms with van der Waals surface area (Å²) in [6.45, 7) is 0. The molecule has 2 N–H and O–H groups in total. The van der Waals surface area contributed by atoms with Crippen molar-refractivity contribution in [1.29, 1.82) is 0 Å². The molecule has 0 bridgehead atoms. The molecule has 2 aliphatic rings. The predicted molar refractivity (Wildman–Crippen MR) is 56.8 cm³/mol. The molecule has 1 heterocycles. The van der Waals surface area contributed by atoms with Gasteiger partial charge in [0.05, 0.1) is 11.5 Å². The second-order valence-corrected chi connectivity index (χ2v) is 7.27. The summed E-state index contributed by atoms with van der Waals surface area (Å²) in [5.41, 5.74) is 6.20. The molecule has 1 saturated heterocycles. The molecule has 1 saturated carbocycles. The highest BCUT2D eigenvalue weighted by Gasteiger charge is 2.36. The van der Waals surface area contributed by atoms with E-state index in [4.69, 9.17) is 5.73 Å². The second-order valence-electron chi connectivity index (χ2n) is 5.04. The largest absolute Gasteiger partial charge is 0.325 e. The first kappa shape index (κ1) is 10.4. The standard InChI is InChI=1S/C10H19NO2S/c11-10(4-1-2-5-10)7-9-3-6-14(12,13)8-9/h9H,1-8,11H2. The summed E-state index contributed by atoms with van der Waals surface area (Å²) in [4.78, 5) is 0. The Labute approximate surface area is 86.0 Å². The van der Waals surface area contributed by atoms with Crippen molar-refractivity contribution in [2.75, 3.05) is 11.5 Å². The van der Waals surface area contributed by atoms with Crippen molar-refractivity contribution >= 4 is 9.84 Å². The van der Waals surface area contributed by atoms with Gasteiger partial charge in [-0.2, -0.15) is 0 Å². The molecule has 82 valence electrons. The Hall–Kier alpha value is -0.0900. The molecule has 0 radical (unpaired) electrons. The lowest BCUT2D eigenvalue weighted by Crippen LogP contribution is -2.38. The van der Waals surface area contributed by atoms with Crippen molar-refractivity contribution in [2.45, 2.75) is 44.1 Å². The summed E-state index contributed by atoms with van der Waals surface area (Å²) in [6.07, 6.45) is 6.37. The third-order valence-corrected chi connectivity index (χ3v) is 5.46. The molecule has 3 nitrogen and oxygen atoms in total. The van der Waals surface area contributed by atoms with E-state index in [1.54, 1.807) is 0 Å². The highest BCUT2D eigenvalue weighted by Crippen LogP contribution is 2.35.